The number of aromatic amines is 1. The Balaban J connectivity index is 1.65. The number of hydrazone groups is 1. The van der Waals surface area contributed by atoms with Gasteiger partial charge in [0.25, 0.3) is 5.91 Å². The van der Waals surface area contributed by atoms with Crippen LogP contribution in [0.4, 0.5) is 0 Å². The highest BCUT2D eigenvalue weighted by Crippen LogP contribution is 2.28. The summed E-state index contributed by atoms with van der Waals surface area (Å²) >= 11 is 0. The number of allylic oxidation sites excluding steroid dienone is 1. The number of amides is 1. The molecule has 6 nitrogen and oxygen atoms in total. The minimum Gasteiger partial charge on any atom is -0.493 e. The summed E-state index contributed by atoms with van der Waals surface area (Å²) in [5.41, 5.74) is 6.32. The van der Waals surface area contributed by atoms with E-state index in [1.54, 1.807) is 12.3 Å². The van der Waals surface area contributed by atoms with Crippen LogP contribution in [-0.2, 0) is 0 Å². The van der Waals surface area contributed by atoms with E-state index in [1.807, 2.05) is 67.6 Å². The van der Waals surface area contributed by atoms with Crippen molar-refractivity contribution in [3.63, 3.8) is 0 Å². The number of hydrogen-bond acceptors (Lipinski definition) is 4. The quantitative estimate of drug-likeness (QED) is 0.434. The molecule has 0 spiro atoms. The Morgan fingerprint density at radius 3 is 2.72 bits per heavy atom. The molecule has 148 valence electrons. The van der Waals surface area contributed by atoms with Crippen molar-refractivity contribution in [2.45, 2.75) is 20.3 Å². The van der Waals surface area contributed by atoms with Gasteiger partial charge in [0.05, 0.1) is 18.5 Å². The van der Waals surface area contributed by atoms with Crippen molar-refractivity contribution in [3.05, 3.63) is 77.5 Å². The molecular formula is C23H24N4O2. The standard InChI is InChI=1S/C23H24N4O2/c1-3-13-29-22-12-8-7-11-19(22)20-15-21(26-25-20)23(28)27-24-16-17(2)14-18-9-5-4-6-10-18/h4-12,14-16H,3,13H2,1-2H3,(H,25,26)(H,27,28). The van der Waals surface area contributed by atoms with E-state index in [9.17, 15) is 4.79 Å². The first kappa shape index (κ1) is 20.1. The van der Waals surface area contributed by atoms with Crippen molar-refractivity contribution in [1.29, 1.82) is 0 Å². The summed E-state index contributed by atoms with van der Waals surface area (Å²) in [5, 5.41) is 11.0. The largest absolute Gasteiger partial charge is 0.493 e. The third-order valence-electron chi connectivity index (χ3n) is 4.08. The molecule has 0 saturated carbocycles. The molecule has 2 N–H and O–H groups in total. The van der Waals surface area contributed by atoms with Crippen molar-refractivity contribution in [3.8, 4) is 17.0 Å². The molecule has 0 radical (unpaired) electrons. The van der Waals surface area contributed by atoms with E-state index in [2.05, 4.69) is 27.6 Å². The van der Waals surface area contributed by atoms with Gasteiger partial charge in [0.1, 0.15) is 11.4 Å². The van der Waals surface area contributed by atoms with E-state index in [-0.39, 0.29) is 5.91 Å². The van der Waals surface area contributed by atoms with E-state index in [4.69, 9.17) is 4.74 Å². The maximum Gasteiger partial charge on any atom is 0.289 e. The van der Waals surface area contributed by atoms with Crippen LogP contribution in [0.3, 0.4) is 0 Å². The number of aromatic nitrogens is 2. The van der Waals surface area contributed by atoms with Crippen LogP contribution >= 0.6 is 0 Å². The number of carbonyl (C=O) groups excluding carboxylic acids is 1. The highest BCUT2D eigenvalue weighted by Gasteiger charge is 2.13. The summed E-state index contributed by atoms with van der Waals surface area (Å²) in [7, 11) is 0. The summed E-state index contributed by atoms with van der Waals surface area (Å²) in [6, 6.07) is 19.2. The van der Waals surface area contributed by atoms with Gasteiger partial charge in [-0.1, -0.05) is 55.5 Å². The van der Waals surface area contributed by atoms with Gasteiger partial charge >= 0.3 is 0 Å². The molecule has 0 aliphatic heterocycles. The van der Waals surface area contributed by atoms with Crippen molar-refractivity contribution >= 4 is 18.2 Å². The average Bonchev–Trinajstić information content (AvgIpc) is 3.23. The molecule has 3 rings (SSSR count). The Labute approximate surface area is 170 Å². The lowest BCUT2D eigenvalue weighted by Crippen LogP contribution is -2.17. The van der Waals surface area contributed by atoms with Gasteiger partial charge in [-0.2, -0.15) is 10.2 Å². The highest BCUT2D eigenvalue weighted by atomic mass is 16.5. The van der Waals surface area contributed by atoms with Gasteiger partial charge in [-0.25, -0.2) is 5.43 Å². The molecule has 1 amide bonds. The zero-order valence-electron chi connectivity index (χ0n) is 16.6. The van der Waals surface area contributed by atoms with E-state index in [0.29, 0.717) is 18.0 Å². The number of ether oxygens (including phenoxy) is 1. The summed E-state index contributed by atoms with van der Waals surface area (Å²) in [5.74, 6) is 0.381. The molecule has 29 heavy (non-hydrogen) atoms. The Hall–Kier alpha value is -3.67. The van der Waals surface area contributed by atoms with Crippen LogP contribution in [0.5, 0.6) is 5.75 Å². The Morgan fingerprint density at radius 1 is 1.17 bits per heavy atom. The topological polar surface area (TPSA) is 79.4 Å². The fraction of sp³-hybridized carbons (Fsp3) is 0.174. The molecule has 1 heterocycles. The first-order valence-corrected chi connectivity index (χ1v) is 9.51. The van der Waals surface area contributed by atoms with Gasteiger partial charge in [-0.3, -0.25) is 9.89 Å². The molecule has 3 aromatic rings. The van der Waals surface area contributed by atoms with Gasteiger partial charge in [0, 0.05) is 5.56 Å². The zero-order valence-corrected chi connectivity index (χ0v) is 16.6. The van der Waals surface area contributed by atoms with Crippen LogP contribution in [0.15, 0.2) is 71.3 Å². The number of H-pyrrole nitrogens is 1. The highest BCUT2D eigenvalue weighted by molar-refractivity contribution is 5.94. The Bertz CT molecular complexity index is 1010. The smallest absolute Gasteiger partial charge is 0.289 e. The molecule has 2 aromatic carbocycles. The molecule has 0 unspecified atom stereocenters. The fourth-order valence-corrected chi connectivity index (χ4v) is 2.69. The zero-order chi connectivity index (χ0) is 20.5. The molecule has 0 fully saturated rings. The van der Waals surface area contributed by atoms with Gasteiger partial charge in [0.2, 0.25) is 0 Å². The number of rotatable bonds is 8. The monoisotopic (exact) mass is 388 g/mol. The average molecular weight is 388 g/mol. The maximum absolute atomic E-state index is 12.3. The van der Waals surface area contributed by atoms with E-state index in [0.717, 1.165) is 28.9 Å². The van der Waals surface area contributed by atoms with E-state index < -0.39 is 0 Å². The number of carbonyl (C=O) groups is 1. The number of para-hydroxylation sites is 1. The molecule has 0 atom stereocenters. The lowest BCUT2D eigenvalue weighted by Gasteiger charge is -2.08. The third kappa shape index (κ3) is 5.65. The maximum atomic E-state index is 12.3. The lowest BCUT2D eigenvalue weighted by molar-refractivity contribution is 0.0950. The van der Waals surface area contributed by atoms with Crippen LogP contribution in [0, 0.1) is 0 Å². The number of nitrogens with zero attached hydrogens (tertiary/aromatic N) is 2. The number of hydrogen-bond donors (Lipinski definition) is 2. The third-order valence-corrected chi connectivity index (χ3v) is 4.08. The second kappa shape index (κ2) is 10.0. The Kier molecular flexibility index (Phi) is 6.95. The second-order valence-electron chi connectivity index (χ2n) is 6.51. The van der Waals surface area contributed by atoms with Crippen molar-refractivity contribution in [2.24, 2.45) is 5.10 Å². The molecule has 0 aliphatic rings. The summed E-state index contributed by atoms with van der Waals surface area (Å²) in [6.45, 7) is 4.60. The second-order valence-corrected chi connectivity index (χ2v) is 6.51. The Morgan fingerprint density at radius 2 is 1.93 bits per heavy atom. The molecule has 0 bridgehead atoms. The van der Waals surface area contributed by atoms with E-state index >= 15 is 0 Å². The van der Waals surface area contributed by atoms with Crippen molar-refractivity contribution < 1.29 is 9.53 Å². The van der Waals surface area contributed by atoms with Gasteiger partial charge < -0.3 is 4.74 Å². The van der Waals surface area contributed by atoms with E-state index in [1.165, 1.54) is 0 Å². The predicted octanol–water partition coefficient (Wildman–Crippen LogP) is 4.68. The van der Waals surface area contributed by atoms with Crippen molar-refractivity contribution in [1.82, 2.24) is 15.6 Å². The normalized spacial score (nSPS) is 11.6. The van der Waals surface area contributed by atoms with Crippen LogP contribution in [-0.4, -0.2) is 28.9 Å². The lowest BCUT2D eigenvalue weighted by atomic mass is 10.1. The predicted molar refractivity (Wildman–Crippen MR) is 116 cm³/mol. The SMILES string of the molecule is CCCOc1ccccc1-c1cc(C(=O)NN=CC(C)=Cc2ccccc2)[nH]n1. The number of benzene rings is 2. The minimum atomic E-state index is -0.362. The minimum absolute atomic E-state index is 0.326. The first-order valence-electron chi connectivity index (χ1n) is 9.51. The van der Waals surface area contributed by atoms with Crippen molar-refractivity contribution in [2.75, 3.05) is 6.61 Å². The van der Waals surface area contributed by atoms with Crippen LogP contribution in [0.1, 0.15) is 36.3 Å². The fourth-order valence-electron chi connectivity index (χ4n) is 2.69. The van der Waals surface area contributed by atoms with Crippen LogP contribution < -0.4 is 10.2 Å². The molecule has 6 heteroatoms. The molecular weight excluding hydrogens is 364 g/mol. The summed E-state index contributed by atoms with van der Waals surface area (Å²) in [6.07, 6.45) is 4.51. The summed E-state index contributed by atoms with van der Waals surface area (Å²) < 4.78 is 5.77. The van der Waals surface area contributed by atoms with Gasteiger partial charge in [-0.15, -0.1) is 0 Å². The first-order chi connectivity index (χ1) is 14.2. The molecule has 0 aliphatic carbocycles. The van der Waals surface area contributed by atoms with Gasteiger partial charge in [0.15, 0.2) is 0 Å². The van der Waals surface area contributed by atoms with Crippen LogP contribution in [0.2, 0.25) is 0 Å². The molecule has 0 saturated heterocycles. The summed E-state index contributed by atoms with van der Waals surface area (Å²) in [4.78, 5) is 12.3. The van der Waals surface area contributed by atoms with Gasteiger partial charge in [-0.05, 0) is 42.7 Å². The van der Waals surface area contributed by atoms with Crippen LogP contribution in [0.25, 0.3) is 17.3 Å². The number of nitrogens with one attached hydrogen (secondary N) is 2. The molecule has 1 aromatic heterocycles.